The highest BCUT2D eigenvalue weighted by atomic mass is 32.2. The SMILES string of the molecule is C=CS(=O)(=O)NC[C@H]1CCN(S(=O)(=O)c2ccc(C(CC3CC3(F)F)C(=O)O)cc2)C1. The van der Waals surface area contributed by atoms with E-state index in [0.29, 0.717) is 6.42 Å². The van der Waals surface area contributed by atoms with Gasteiger partial charge in [-0.2, -0.15) is 4.31 Å². The molecule has 2 aliphatic rings. The molecule has 1 aromatic rings. The number of alkyl halides is 2. The van der Waals surface area contributed by atoms with Crippen molar-refractivity contribution in [2.45, 2.75) is 36.0 Å². The Morgan fingerprint density at radius 1 is 1.29 bits per heavy atom. The minimum Gasteiger partial charge on any atom is -0.481 e. The first kappa shape index (κ1) is 23.8. The highest BCUT2D eigenvalue weighted by Gasteiger charge is 2.57. The summed E-state index contributed by atoms with van der Waals surface area (Å²) in [4.78, 5) is 11.5. The second-order valence-electron chi connectivity index (χ2n) is 7.94. The molecule has 8 nitrogen and oxygen atoms in total. The summed E-state index contributed by atoms with van der Waals surface area (Å²) in [5.41, 5.74) is 0.271. The molecule has 2 unspecified atom stereocenters. The van der Waals surface area contributed by atoms with Gasteiger partial charge >= 0.3 is 5.97 Å². The predicted molar refractivity (Wildman–Crippen MR) is 108 cm³/mol. The van der Waals surface area contributed by atoms with Crippen molar-refractivity contribution in [3.63, 3.8) is 0 Å². The van der Waals surface area contributed by atoms with E-state index in [9.17, 15) is 35.5 Å². The lowest BCUT2D eigenvalue weighted by atomic mass is 9.93. The number of carbonyl (C=O) groups is 1. The van der Waals surface area contributed by atoms with Gasteiger partial charge in [-0.3, -0.25) is 4.79 Å². The van der Waals surface area contributed by atoms with Crippen molar-refractivity contribution >= 4 is 26.0 Å². The Morgan fingerprint density at radius 2 is 1.90 bits per heavy atom. The maximum absolute atomic E-state index is 13.2. The molecule has 3 atom stereocenters. The highest BCUT2D eigenvalue weighted by molar-refractivity contribution is 7.92. The molecule has 12 heteroatoms. The molecule has 2 N–H and O–H groups in total. The van der Waals surface area contributed by atoms with Crippen molar-refractivity contribution in [2.24, 2.45) is 11.8 Å². The fourth-order valence-electron chi connectivity index (χ4n) is 3.69. The van der Waals surface area contributed by atoms with Crippen LogP contribution < -0.4 is 4.72 Å². The number of nitrogens with one attached hydrogen (secondary N) is 1. The molecule has 1 aliphatic heterocycles. The summed E-state index contributed by atoms with van der Waals surface area (Å²) < 4.78 is 78.6. The van der Waals surface area contributed by atoms with E-state index < -0.39 is 43.8 Å². The molecule has 1 saturated carbocycles. The van der Waals surface area contributed by atoms with Gasteiger partial charge in [-0.1, -0.05) is 18.7 Å². The second-order valence-corrected chi connectivity index (χ2v) is 11.6. The quantitative estimate of drug-likeness (QED) is 0.531. The molecule has 1 heterocycles. The van der Waals surface area contributed by atoms with Crippen LogP contribution in [0, 0.1) is 11.8 Å². The smallest absolute Gasteiger partial charge is 0.310 e. The van der Waals surface area contributed by atoms with Crippen LogP contribution >= 0.6 is 0 Å². The largest absolute Gasteiger partial charge is 0.481 e. The van der Waals surface area contributed by atoms with Gasteiger partial charge in [-0.05, 0) is 36.5 Å². The van der Waals surface area contributed by atoms with E-state index in [0.717, 1.165) is 5.41 Å². The van der Waals surface area contributed by atoms with Gasteiger partial charge in [0.1, 0.15) is 0 Å². The number of hydrogen-bond donors (Lipinski definition) is 2. The third kappa shape index (κ3) is 5.48. The van der Waals surface area contributed by atoms with Gasteiger partial charge in [-0.15, -0.1) is 0 Å². The van der Waals surface area contributed by atoms with Crippen molar-refractivity contribution in [2.75, 3.05) is 19.6 Å². The highest BCUT2D eigenvalue weighted by Crippen LogP contribution is 2.53. The van der Waals surface area contributed by atoms with E-state index in [1.54, 1.807) is 0 Å². The Hall–Kier alpha value is -1.89. The van der Waals surface area contributed by atoms with E-state index in [2.05, 4.69) is 11.3 Å². The molecule has 0 amide bonds. The number of hydrogen-bond acceptors (Lipinski definition) is 5. The Labute approximate surface area is 180 Å². The zero-order valence-electron chi connectivity index (χ0n) is 16.6. The summed E-state index contributed by atoms with van der Waals surface area (Å²) in [5.74, 6) is -6.37. The number of carboxylic acids is 1. The number of carboxylic acid groups (broad SMARTS) is 1. The second kappa shape index (κ2) is 8.57. The third-order valence-corrected chi connectivity index (χ3v) is 8.62. The van der Waals surface area contributed by atoms with Crippen LogP contribution in [0.1, 0.15) is 30.7 Å². The monoisotopic (exact) mass is 478 g/mol. The zero-order valence-corrected chi connectivity index (χ0v) is 18.2. The lowest BCUT2D eigenvalue weighted by molar-refractivity contribution is -0.139. The number of benzene rings is 1. The van der Waals surface area contributed by atoms with Gasteiger partial charge in [-0.25, -0.2) is 30.3 Å². The van der Waals surface area contributed by atoms with Crippen molar-refractivity contribution in [1.82, 2.24) is 9.03 Å². The minimum atomic E-state index is -3.85. The molecule has 3 rings (SSSR count). The Kier molecular flexibility index (Phi) is 6.57. The van der Waals surface area contributed by atoms with Crippen LogP contribution in [0.3, 0.4) is 0 Å². The topological polar surface area (TPSA) is 121 Å². The van der Waals surface area contributed by atoms with Crippen LogP contribution in [0.15, 0.2) is 41.1 Å². The van der Waals surface area contributed by atoms with E-state index in [1.807, 2.05) is 0 Å². The van der Waals surface area contributed by atoms with Crippen LogP contribution in [0.4, 0.5) is 8.78 Å². The van der Waals surface area contributed by atoms with Gasteiger partial charge in [0.15, 0.2) is 0 Å². The van der Waals surface area contributed by atoms with E-state index in [-0.39, 0.29) is 48.9 Å². The van der Waals surface area contributed by atoms with Crippen molar-refractivity contribution in [3.05, 3.63) is 41.8 Å². The van der Waals surface area contributed by atoms with E-state index in [4.69, 9.17) is 0 Å². The maximum atomic E-state index is 13.2. The molecule has 172 valence electrons. The number of sulfonamides is 2. The molecule has 1 aliphatic carbocycles. The molecule has 0 spiro atoms. The minimum absolute atomic E-state index is 0.0375. The Bertz CT molecular complexity index is 1060. The molecular weight excluding hydrogens is 454 g/mol. The lowest BCUT2D eigenvalue weighted by Crippen LogP contribution is -2.32. The average Bonchev–Trinajstić information content (AvgIpc) is 3.08. The number of nitrogens with zero attached hydrogens (tertiary/aromatic N) is 1. The van der Waals surface area contributed by atoms with E-state index >= 15 is 0 Å². The van der Waals surface area contributed by atoms with Crippen LogP contribution in [0.25, 0.3) is 0 Å². The third-order valence-electron chi connectivity index (χ3n) is 5.74. The van der Waals surface area contributed by atoms with Gasteiger partial charge in [0.05, 0.1) is 10.8 Å². The Morgan fingerprint density at radius 3 is 2.42 bits per heavy atom. The first-order valence-electron chi connectivity index (χ1n) is 9.68. The molecular formula is C19H24F2N2O6S2. The summed E-state index contributed by atoms with van der Waals surface area (Å²) in [6.45, 7) is 3.64. The lowest BCUT2D eigenvalue weighted by Gasteiger charge is -2.18. The van der Waals surface area contributed by atoms with E-state index in [1.165, 1.54) is 28.6 Å². The van der Waals surface area contributed by atoms with Crippen LogP contribution in [-0.2, 0) is 24.8 Å². The van der Waals surface area contributed by atoms with Crippen molar-refractivity contribution in [1.29, 1.82) is 0 Å². The molecule has 0 radical (unpaired) electrons. The molecule has 1 saturated heterocycles. The molecule has 0 bridgehead atoms. The van der Waals surface area contributed by atoms with Gasteiger partial charge < -0.3 is 5.11 Å². The molecule has 1 aromatic carbocycles. The van der Waals surface area contributed by atoms with Crippen molar-refractivity contribution < 1.29 is 35.5 Å². The normalized spacial score (nSPS) is 24.6. The molecule has 2 fully saturated rings. The number of rotatable bonds is 10. The number of aliphatic carboxylic acids is 1. The Balaban J connectivity index is 1.67. The first-order valence-corrected chi connectivity index (χ1v) is 12.7. The fraction of sp³-hybridized carbons (Fsp3) is 0.526. The number of halogens is 2. The van der Waals surface area contributed by atoms with Crippen LogP contribution in [0.2, 0.25) is 0 Å². The van der Waals surface area contributed by atoms with Gasteiger partial charge in [0, 0.05) is 37.4 Å². The summed E-state index contributed by atoms with van der Waals surface area (Å²) >= 11 is 0. The van der Waals surface area contributed by atoms with Gasteiger partial charge in [0.25, 0.3) is 5.92 Å². The maximum Gasteiger partial charge on any atom is 0.310 e. The summed E-state index contributed by atoms with van der Waals surface area (Å²) in [5, 5.41) is 10.2. The fourth-order valence-corrected chi connectivity index (χ4v) is 5.80. The zero-order chi connectivity index (χ0) is 23.0. The average molecular weight is 479 g/mol. The summed E-state index contributed by atoms with van der Waals surface area (Å²) in [7, 11) is -7.45. The van der Waals surface area contributed by atoms with Crippen LogP contribution in [0.5, 0.6) is 0 Å². The molecule has 31 heavy (non-hydrogen) atoms. The first-order chi connectivity index (χ1) is 14.4. The van der Waals surface area contributed by atoms with Crippen LogP contribution in [-0.4, -0.2) is 57.8 Å². The standard InChI is InChI=1S/C19H24F2N2O6S2/c1-2-30(26,27)22-11-13-7-8-23(12-13)31(28,29)16-5-3-14(4-6-16)17(18(24)25)9-15-10-19(15,20)21/h2-6,13,15,17,22H,1,7-12H2,(H,24,25)/t13-,15?,17?/m1/s1. The summed E-state index contributed by atoms with van der Waals surface area (Å²) in [6.07, 6.45) is -0.0567. The summed E-state index contributed by atoms with van der Waals surface area (Å²) in [6, 6.07) is 5.24. The molecule has 0 aromatic heterocycles. The predicted octanol–water partition coefficient (Wildman–Crippen LogP) is 1.97. The van der Waals surface area contributed by atoms with Crippen molar-refractivity contribution in [3.8, 4) is 0 Å². The van der Waals surface area contributed by atoms with Gasteiger partial charge in [0.2, 0.25) is 20.0 Å².